The molecule has 3 unspecified atom stereocenters. The summed E-state index contributed by atoms with van der Waals surface area (Å²) < 4.78 is 0. The number of piperidine rings is 1. The predicted octanol–water partition coefficient (Wildman–Crippen LogP) is 5.64. The van der Waals surface area contributed by atoms with E-state index in [1.807, 2.05) is 0 Å². The van der Waals surface area contributed by atoms with Gasteiger partial charge >= 0.3 is 0 Å². The summed E-state index contributed by atoms with van der Waals surface area (Å²) in [6, 6.07) is 21.3. The van der Waals surface area contributed by atoms with Crippen molar-refractivity contribution in [3.63, 3.8) is 0 Å². The number of nitrogens with zero attached hydrogens (tertiary/aromatic N) is 2. The second-order valence-electron chi connectivity index (χ2n) is 9.77. The first kappa shape index (κ1) is 20.0. The minimum atomic E-state index is 0.716. The van der Waals surface area contributed by atoms with Gasteiger partial charge in [-0.3, -0.25) is 4.90 Å². The van der Waals surface area contributed by atoms with E-state index in [4.69, 9.17) is 0 Å². The highest BCUT2D eigenvalue weighted by Crippen LogP contribution is 2.43. The van der Waals surface area contributed by atoms with Gasteiger partial charge in [0.1, 0.15) is 0 Å². The van der Waals surface area contributed by atoms with E-state index < -0.39 is 0 Å². The zero-order valence-electron chi connectivity index (χ0n) is 18.5. The lowest BCUT2D eigenvalue weighted by atomic mass is 9.90. The van der Waals surface area contributed by atoms with E-state index >= 15 is 0 Å². The normalized spacial score (nSPS) is 27.2. The number of hydrogen-bond donors (Lipinski definition) is 0. The van der Waals surface area contributed by atoms with Crippen LogP contribution in [0.15, 0.2) is 60.7 Å². The summed E-state index contributed by atoms with van der Waals surface area (Å²) >= 11 is 0. The molecule has 2 aliphatic heterocycles. The average Bonchev–Trinajstić information content (AvgIpc) is 3.35. The van der Waals surface area contributed by atoms with E-state index in [1.165, 1.54) is 75.0 Å². The Morgan fingerprint density at radius 2 is 1.73 bits per heavy atom. The molecule has 2 heteroatoms. The Balaban J connectivity index is 1.18. The minimum absolute atomic E-state index is 0.716. The molecule has 0 N–H and O–H groups in total. The van der Waals surface area contributed by atoms with Crippen molar-refractivity contribution in [1.29, 1.82) is 0 Å². The number of likely N-dealkylation sites (tertiary alicyclic amines) is 2. The molecule has 2 nitrogen and oxygen atoms in total. The zero-order valence-corrected chi connectivity index (χ0v) is 18.5. The highest BCUT2D eigenvalue weighted by molar-refractivity contribution is 5.70. The molecule has 0 bridgehead atoms. The number of benzene rings is 2. The van der Waals surface area contributed by atoms with Gasteiger partial charge in [-0.15, -0.1) is 0 Å². The Morgan fingerprint density at radius 1 is 0.900 bits per heavy atom. The summed E-state index contributed by atoms with van der Waals surface area (Å²) in [5.74, 6) is 1.53. The Kier molecular flexibility index (Phi) is 6.06. The Labute approximate surface area is 182 Å². The van der Waals surface area contributed by atoms with E-state index in [9.17, 15) is 0 Å². The maximum atomic E-state index is 2.68. The van der Waals surface area contributed by atoms with Crippen LogP contribution in [0.25, 0.3) is 5.57 Å². The van der Waals surface area contributed by atoms with Crippen molar-refractivity contribution in [3.8, 4) is 0 Å². The van der Waals surface area contributed by atoms with E-state index in [0.29, 0.717) is 5.92 Å². The Morgan fingerprint density at radius 3 is 2.53 bits per heavy atom. The molecule has 5 rings (SSSR count). The molecule has 2 saturated heterocycles. The first-order chi connectivity index (χ1) is 14.8. The summed E-state index contributed by atoms with van der Waals surface area (Å²) in [7, 11) is 0. The molecule has 2 aromatic rings. The van der Waals surface area contributed by atoms with E-state index in [1.54, 1.807) is 5.57 Å². The highest BCUT2D eigenvalue weighted by Gasteiger charge is 2.38. The molecule has 3 atom stereocenters. The van der Waals surface area contributed by atoms with Crippen molar-refractivity contribution in [2.75, 3.05) is 26.2 Å². The molecule has 158 valence electrons. The molecule has 3 aliphatic rings. The van der Waals surface area contributed by atoms with Crippen LogP contribution in [0.5, 0.6) is 0 Å². The third kappa shape index (κ3) is 4.40. The molecule has 0 saturated carbocycles. The zero-order chi connectivity index (χ0) is 20.3. The quantitative estimate of drug-likeness (QED) is 0.619. The summed E-state index contributed by atoms with van der Waals surface area (Å²) in [6.45, 7) is 8.44. The van der Waals surface area contributed by atoms with Crippen molar-refractivity contribution >= 4 is 5.57 Å². The second kappa shape index (κ2) is 9.08. The lowest BCUT2D eigenvalue weighted by Crippen LogP contribution is -2.38. The van der Waals surface area contributed by atoms with Gasteiger partial charge in [-0.25, -0.2) is 0 Å². The van der Waals surface area contributed by atoms with Gasteiger partial charge in [0, 0.05) is 38.1 Å². The van der Waals surface area contributed by atoms with Crippen molar-refractivity contribution in [2.24, 2.45) is 11.8 Å². The Bertz CT molecular complexity index is 854. The lowest BCUT2D eigenvalue weighted by molar-refractivity contribution is 0.163. The standard InChI is InChI=1S/C28H36N2/c1-22-7-5-6-17-30(22)18-16-23-10-12-25(13-11-23)27-15-14-26-20-29(21-28(26)27)19-24-8-3-2-4-9-24/h2-4,8-13,15,22,26,28H,5-7,14,16-21H2,1H3. The van der Waals surface area contributed by atoms with Crippen molar-refractivity contribution in [3.05, 3.63) is 77.4 Å². The second-order valence-corrected chi connectivity index (χ2v) is 9.77. The van der Waals surface area contributed by atoms with Gasteiger partial charge in [0.15, 0.2) is 0 Å². The molecule has 1 aliphatic carbocycles. The maximum absolute atomic E-state index is 2.68. The van der Waals surface area contributed by atoms with Crippen LogP contribution in [0.1, 0.15) is 49.3 Å². The fourth-order valence-electron chi connectivity index (χ4n) is 5.91. The van der Waals surface area contributed by atoms with Gasteiger partial charge in [-0.1, -0.05) is 67.1 Å². The van der Waals surface area contributed by atoms with Crippen LogP contribution in [0, 0.1) is 11.8 Å². The molecule has 0 spiro atoms. The predicted molar refractivity (Wildman–Crippen MR) is 126 cm³/mol. The number of rotatable bonds is 6. The van der Waals surface area contributed by atoms with Crippen LogP contribution < -0.4 is 0 Å². The van der Waals surface area contributed by atoms with Crippen LogP contribution in [0.3, 0.4) is 0 Å². The fourth-order valence-corrected chi connectivity index (χ4v) is 5.91. The monoisotopic (exact) mass is 400 g/mol. The summed E-state index contributed by atoms with van der Waals surface area (Å²) in [6.07, 6.45) is 9.12. The van der Waals surface area contributed by atoms with E-state index in [-0.39, 0.29) is 0 Å². The summed E-state index contributed by atoms with van der Waals surface area (Å²) in [5.41, 5.74) is 5.99. The number of hydrogen-bond acceptors (Lipinski definition) is 2. The Hall–Kier alpha value is -1.90. The van der Waals surface area contributed by atoms with Crippen molar-refractivity contribution < 1.29 is 0 Å². The smallest absolute Gasteiger partial charge is 0.0234 e. The average molecular weight is 401 g/mol. The summed E-state index contributed by atoms with van der Waals surface area (Å²) in [4.78, 5) is 5.34. The fraction of sp³-hybridized carbons (Fsp3) is 0.500. The van der Waals surface area contributed by atoms with Gasteiger partial charge in [-0.05, 0) is 67.3 Å². The largest absolute Gasteiger partial charge is 0.300 e. The topological polar surface area (TPSA) is 6.48 Å². The van der Waals surface area contributed by atoms with Gasteiger partial charge in [-0.2, -0.15) is 0 Å². The number of fused-ring (bicyclic) bond motifs is 1. The van der Waals surface area contributed by atoms with E-state index in [0.717, 1.165) is 18.5 Å². The molecule has 0 amide bonds. The van der Waals surface area contributed by atoms with Crippen LogP contribution in [0.4, 0.5) is 0 Å². The lowest BCUT2D eigenvalue weighted by Gasteiger charge is -2.33. The molecule has 30 heavy (non-hydrogen) atoms. The first-order valence-electron chi connectivity index (χ1n) is 12.1. The van der Waals surface area contributed by atoms with Crippen LogP contribution in [0.2, 0.25) is 0 Å². The molecule has 2 aromatic carbocycles. The third-order valence-electron chi connectivity index (χ3n) is 7.72. The molecule has 2 heterocycles. The third-order valence-corrected chi connectivity index (χ3v) is 7.72. The van der Waals surface area contributed by atoms with Crippen LogP contribution >= 0.6 is 0 Å². The molecule has 0 radical (unpaired) electrons. The van der Waals surface area contributed by atoms with Gasteiger partial charge in [0.2, 0.25) is 0 Å². The number of allylic oxidation sites excluding steroid dienone is 1. The molecule has 2 fully saturated rings. The molecular weight excluding hydrogens is 364 g/mol. The van der Waals surface area contributed by atoms with Gasteiger partial charge in [0.05, 0.1) is 0 Å². The first-order valence-corrected chi connectivity index (χ1v) is 12.1. The highest BCUT2D eigenvalue weighted by atomic mass is 15.2. The minimum Gasteiger partial charge on any atom is -0.300 e. The van der Waals surface area contributed by atoms with Crippen molar-refractivity contribution in [1.82, 2.24) is 9.80 Å². The summed E-state index contributed by atoms with van der Waals surface area (Å²) in [5, 5.41) is 0. The molecule has 0 aromatic heterocycles. The van der Waals surface area contributed by atoms with Crippen LogP contribution in [-0.2, 0) is 13.0 Å². The van der Waals surface area contributed by atoms with Gasteiger partial charge in [0.25, 0.3) is 0 Å². The van der Waals surface area contributed by atoms with Crippen molar-refractivity contribution in [2.45, 2.75) is 51.6 Å². The van der Waals surface area contributed by atoms with Gasteiger partial charge < -0.3 is 4.90 Å². The van der Waals surface area contributed by atoms with E-state index in [2.05, 4.69) is 77.4 Å². The molecular formula is C28H36N2. The SMILES string of the molecule is CC1CCCCN1CCc1ccc(C2=CCC3CN(Cc4ccccc4)CC23)cc1. The van der Waals surface area contributed by atoms with Crippen LogP contribution in [-0.4, -0.2) is 42.0 Å². The maximum Gasteiger partial charge on any atom is 0.0234 e.